The summed E-state index contributed by atoms with van der Waals surface area (Å²) in [6.45, 7) is 0. The summed E-state index contributed by atoms with van der Waals surface area (Å²) < 4.78 is 52.7. The average Bonchev–Trinajstić information content (AvgIpc) is 2.88. The third-order valence-electron chi connectivity index (χ3n) is 5.22. The number of Topliss-reactive ketones (excluding diaryl/α,β-unsaturated/α-hetero) is 1. The van der Waals surface area contributed by atoms with Crippen molar-refractivity contribution in [3.63, 3.8) is 0 Å². The topological polar surface area (TPSA) is 74.6 Å². The molecule has 2 N–H and O–H groups in total. The van der Waals surface area contributed by atoms with E-state index in [1.165, 1.54) is 18.2 Å². The lowest BCUT2D eigenvalue weighted by Gasteiger charge is -2.17. The fourth-order valence-corrected chi connectivity index (χ4v) is 3.70. The summed E-state index contributed by atoms with van der Waals surface area (Å²) in [4.78, 5) is 22.7. The van der Waals surface area contributed by atoms with Gasteiger partial charge in [-0.3, -0.25) is 9.59 Å². The van der Waals surface area contributed by atoms with Gasteiger partial charge in [0.05, 0.1) is 11.7 Å². The van der Waals surface area contributed by atoms with Crippen LogP contribution in [0.3, 0.4) is 0 Å². The first-order valence-electron chi connectivity index (χ1n) is 9.57. The third-order valence-corrected chi connectivity index (χ3v) is 5.22. The van der Waals surface area contributed by atoms with Crippen molar-refractivity contribution in [1.82, 2.24) is 0 Å². The molecule has 4 nitrogen and oxygen atoms in total. The van der Waals surface area contributed by atoms with Crippen LogP contribution in [0.5, 0.6) is 0 Å². The molecule has 160 valence electrons. The van der Waals surface area contributed by atoms with Gasteiger partial charge >= 0.3 is 12.1 Å². The van der Waals surface area contributed by atoms with Crippen LogP contribution in [-0.2, 0) is 15.8 Å². The Balaban J connectivity index is 2.02. The minimum Gasteiger partial charge on any atom is -0.481 e. The molecule has 0 aliphatic heterocycles. The fourth-order valence-electron chi connectivity index (χ4n) is 3.70. The molecule has 3 unspecified atom stereocenters. The number of carboxylic acids is 1. The van der Waals surface area contributed by atoms with Crippen LogP contribution >= 0.6 is 0 Å². The van der Waals surface area contributed by atoms with Gasteiger partial charge in [0.2, 0.25) is 0 Å². The van der Waals surface area contributed by atoms with Crippen LogP contribution in [0.15, 0.2) is 24.3 Å². The molecule has 0 heterocycles. The van der Waals surface area contributed by atoms with Crippen molar-refractivity contribution < 1.29 is 37.4 Å². The predicted octanol–water partition coefficient (Wildman–Crippen LogP) is 4.85. The van der Waals surface area contributed by atoms with Crippen molar-refractivity contribution in [2.45, 2.75) is 57.2 Å². The first kappa shape index (κ1) is 23.1. The van der Waals surface area contributed by atoms with E-state index in [1.54, 1.807) is 0 Å². The number of aliphatic hydroxyl groups is 1. The Morgan fingerprint density at radius 2 is 1.86 bits per heavy atom. The minimum atomic E-state index is -4.81. The molecule has 0 saturated heterocycles. The maximum atomic E-state index is 14.1. The van der Waals surface area contributed by atoms with Crippen LogP contribution in [-0.4, -0.2) is 28.1 Å². The number of unbranched alkanes of at least 4 members (excludes halogenated alkanes) is 3. The molecule has 3 atom stereocenters. The molecule has 1 aromatic carbocycles. The van der Waals surface area contributed by atoms with Crippen LogP contribution < -0.4 is 0 Å². The van der Waals surface area contributed by atoms with Crippen molar-refractivity contribution in [2.24, 2.45) is 11.8 Å². The van der Waals surface area contributed by atoms with Crippen molar-refractivity contribution in [3.8, 4) is 0 Å². The fraction of sp³-hybridized carbons (Fsp3) is 0.524. The summed E-state index contributed by atoms with van der Waals surface area (Å²) >= 11 is 0. The summed E-state index contributed by atoms with van der Waals surface area (Å²) in [6.07, 6.45) is 0.0729. The lowest BCUT2D eigenvalue weighted by Crippen LogP contribution is -2.18. The highest BCUT2D eigenvalue weighted by Gasteiger charge is 2.39. The van der Waals surface area contributed by atoms with Crippen LogP contribution in [0.4, 0.5) is 17.6 Å². The van der Waals surface area contributed by atoms with Crippen molar-refractivity contribution in [2.75, 3.05) is 0 Å². The molecule has 1 aliphatic carbocycles. The van der Waals surface area contributed by atoms with E-state index in [9.17, 15) is 32.3 Å². The highest BCUT2D eigenvalue weighted by Crippen LogP contribution is 2.36. The summed E-state index contributed by atoms with van der Waals surface area (Å²) in [5.74, 6) is -3.43. The quantitative estimate of drug-likeness (QED) is 0.446. The molecule has 8 heteroatoms. The molecule has 0 spiro atoms. The summed E-state index contributed by atoms with van der Waals surface area (Å²) in [7, 11) is 0. The zero-order valence-corrected chi connectivity index (χ0v) is 15.8. The molecular weight excluding hydrogens is 392 g/mol. The molecule has 29 heavy (non-hydrogen) atoms. The zero-order valence-electron chi connectivity index (χ0n) is 15.8. The van der Waals surface area contributed by atoms with E-state index in [1.807, 2.05) is 0 Å². The Morgan fingerprint density at radius 3 is 2.52 bits per heavy atom. The van der Waals surface area contributed by atoms with Gasteiger partial charge in [0.25, 0.3) is 0 Å². The van der Waals surface area contributed by atoms with Crippen LogP contribution in [0, 0.1) is 17.7 Å². The number of aliphatic hydroxyl groups excluding tert-OH is 1. The number of carboxylic acid groups (broad SMARTS) is 1. The van der Waals surface area contributed by atoms with Crippen LogP contribution in [0.25, 0.3) is 6.08 Å². The number of hydrogen-bond donors (Lipinski definition) is 2. The molecule has 0 radical (unpaired) electrons. The Labute approximate surface area is 166 Å². The smallest absolute Gasteiger partial charge is 0.419 e. The molecule has 0 bridgehead atoms. The van der Waals surface area contributed by atoms with Gasteiger partial charge < -0.3 is 10.2 Å². The van der Waals surface area contributed by atoms with Gasteiger partial charge in [-0.2, -0.15) is 13.2 Å². The maximum Gasteiger partial charge on any atom is 0.419 e. The maximum absolute atomic E-state index is 14.1. The second-order valence-corrected chi connectivity index (χ2v) is 7.33. The second kappa shape index (κ2) is 10.0. The molecule has 0 amide bonds. The third kappa shape index (κ3) is 6.39. The van der Waals surface area contributed by atoms with Gasteiger partial charge in [-0.15, -0.1) is 0 Å². The minimum absolute atomic E-state index is 0.0379. The van der Waals surface area contributed by atoms with E-state index in [4.69, 9.17) is 5.11 Å². The predicted molar refractivity (Wildman–Crippen MR) is 98.4 cm³/mol. The van der Waals surface area contributed by atoms with Crippen LogP contribution in [0.1, 0.15) is 56.1 Å². The first-order valence-corrected chi connectivity index (χ1v) is 9.57. The normalized spacial score (nSPS) is 22.5. The number of ketones is 1. The number of hydrogen-bond acceptors (Lipinski definition) is 3. The molecule has 0 aromatic heterocycles. The number of benzene rings is 1. The Morgan fingerprint density at radius 1 is 1.17 bits per heavy atom. The summed E-state index contributed by atoms with van der Waals surface area (Å²) in [5, 5.41) is 18.8. The zero-order chi connectivity index (χ0) is 21.6. The number of halogens is 4. The lowest BCUT2D eigenvalue weighted by atomic mass is 9.88. The van der Waals surface area contributed by atoms with E-state index in [-0.39, 0.29) is 24.2 Å². The lowest BCUT2D eigenvalue weighted by molar-refractivity contribution is -0.140. The first-order chi connectivity index (χ1) is 13.6. The Hall–Kier alpha value is -2.22. The summed E-state index contributed by atoms with van der Waals surface area (Å²) in [5.41, 5.74) is -1.61. The van der Waals surface area contributed by atoms with E-state index in [0.717, 1.165) is 12.5 Å². The second-order valence-electron chi connectivity index (χ2n) is 7.33. The number of carbonyl (C=O) groups is 2. The van der Waals surface area contributed by atoms with Crippen molar-refractivity contribution >= 4 is 17.8 Å². The summed E-state index contributed by atoms with van der Waals surface area (Å²) in [6, 6.07) is 2.98. The average molecular weight is 416 g/mol. The van der Waals surface area contributed by atoms with Crippen LogP contribution in [0.2, 0.25) is 0 Å². The van der Waals surface area contributed by atoms with Gasteiger partial charge in [-0.05, 0) is 18.9 Å². The van der Waals surface area contributed by atoms with Gasteiger partial charge in [0.15, 0.2) is 0 Å². The Kier molecular flexibility index (Phi) is 7.96. The van der Waals surface area contributed by atoms with Gasteiger partial charge in [0.1, 0.15) is 11.6 Å². The SMILES string of the molecule is O=C(O)CCCCCCC1C(=O)CC(O)C1/C=C/c1cccc(C(F)(F)F)c1F. The number of aliphatic carboxylic acids is 1. The number of alkyl halides is 3. The molecule has 1 fully saturated rings. The van der Waals surface area contributed by atoms with E-state index < -0.39 is 41.5 Å². The molecule has 2 rings (SSSR count). The van der Waals surface area contributed by atoms with E-state index in [0.29, 0.717) is 31.7 Å². The Bertz CT molecular complexity index is 758. The molecular formula is C21H24F4O4. The van der Waals surface area contributed by atoms with Crippen molar-refractivity contribution in [3.05, 3.63) is 41.2 Å². The standard InChI is InChI=1S/C21H24F4O4/c22-20-13(6-5-8-16(20)21(23,24)25)10-11-15-14(17(26)12-18(15)27)7-3-1-2-4-9-19(28)29/h5-6,8,10-11,14-15,18,27H,1-4,7,9,12H2,(H,28,29)/b11-10+. The largest absolute Gasteiger partial charge is 0.481 e. The van der Waals surface area contributed by atoms with Gasteiger partial charge in [-0.25, -0.2) is 4.39 Å². The van der Waals surface area contributed by atoms with Gasteiger partial charge in [-0.1, -0.05) is 43.5 Å². The highest BCUT2D eigenvalue weighted by molar-refractivity contribution is 5.85. The number of carbonyl (C=O) groups excluding carboxylic acids is 1. The highest BCUT2D eigenvalue weighted by atomic mass is 19.4. The van der Waals surface area contributed by atoms with Gasteiger partial charge in [0, 0.05) is 30.2 Å². The van der Waals surface area contributed by atoms with E-state index in [2.05, 4.69) is 0 Å². The molecule has 1 aromatic rings. The molecule has 1 saturated carbocycles. The number of rotatable bonds is 9. The van der Waals surface area contributed by atoms with E-state index >= 15 is 0 Å². The van der Waals surface area contributed by atoms with Crippen molar-refractivity contribution in [1.29, 1.82) is 0 Å². The molecule has 1 aliphatic rings. The monoisotopic (exact) mass is 416 g/mol.